The summed E-state index contributed by atoms with van der Waals surface area (Å²) >= 11 is 0. The Morgan fingerprint density at radius 1 is 1.36 bits per heavy atom. The molecular weight excluding hydrogens is 274 g/mol. The van der Waals surface area contributed by atoms with Gasteiger partial charge in [0, 0.05) is 25.1 Å². The second-order valence-corrected chi connectivity index (χ2v) is 7.91. The highest BCUT2D eigenvalue weighted by Gasteiger charge is 2.55. The molecule has 1 aliphatic heterocycles. The minimum Gasteiger partial charge on any atom is -0.508 e. The van der Waals surface area contributed by atoms with Gasteiger partial charge in [0.05, 0.1) is 6.10 Å². The van der Waals surface area contributed by atoms with Crippen LogP contribution in [0, 0.1) is 5.41 Å². The number of ether oxygens (including phenoxy) is 1. The molecule has 3 heteroatoms. The monoisotopic (exact) mass is 303 g/mol. The zero-order valence-electron chi connectivity index (χ0n) is 14.5. The first-order valence-corrected chi connectivity index (χ1v) is 8.39. The van der Waals surface area contributed by atoms with Crippen LogP contribution in [0.2, 0.25) is 0 Å². The van der Waals surface area contributed by atoms with Crippen LogP contribution >= 0.6 is 0 Å². The fourth-order valence-electron chi connectivity index (χ4n) is 4.65. The number of fused-ring (bicyclic) bond motifs is 4. The van der Waals surface area contributed by atoms with E-state index >= 15 is 0 Å². The molecular formula is C19H29NO2. The SMILES string of the molecule is COC(C)CN1CCC2(C)c3ccc(O)cc3C[C@@H]1C2(C)C. The van der Waals surface area contributed by atoms with Gasteiger partial charge in [0.15, 0.2) is 0 Å². The van der Waals surface area contributed by atoms with E-state index in [9.17, 15) is 5.11 Å². The Kier molecular flexibility index (Phi) is 3.77. The highest BCUT2D eigenvalue weighted by molar-refractivity contribution is 5.45. The number of rotatable bonds is 3. The Balaban J connectivity index is 2.02. The van der Waals surface area contributed by atoms with E-state index in [-0.39, 0.29) is 16.9 Å². The van der Waals surface area contributed by atoms with E-state index in [0.29, 0.717) is 11.8 Å². The Labute approximate surface area is 134 Å². The minimum atomic E-state index is 0.172. The van der Waals surface area contributed by atoms with Crippen molar-refractivity contribution in [3.8, 4) is 5.75 Å². The van der Waals surface area contributed by atoms with E-state index in [2.05, 4.69) is 38.7 Å². The average Bonchev–Trinajstić information content (AvgIpc) is 2.45. The molecule has 1 aromatic rings. The van der Waals surface area contributed by atoms with Crippen molar-refractivity contribution < 1.29 is 9.84 Å². The van der Waals surface area contributed by atoms with E-state index in [1.165, 1.54) is 11.1 Å². The van der Waals surface area contributed by atoms with Gasteiger partial charge >= 0.3 is 0 Å². The predicted molar refractivity (Wildman–Crippen MR) is 89.4 cm³/mol. The second kappa shape index (κ2) is 5.24. The summed E-state index contributed by atoms with van der Waals surface area (Å²) in [4.78, 5) is 2.60. The van der Waals surface area contributed by atoms with Gasteiger partial charge in [-0.2, -0.15) is 0 Å². The molecule has 0 spiro atoms. The summed E-state index contributed by atoms with van der Waals surface area (Å²) in [7, 11) is 1.79. The number of methoxy groups -OCH3 is 1. The number of benzene rings is 1. The molecule has 1 fully saturated rings. The van der Waals surface area contributed by atoms with Crippen LogP contribution in [0.1, 0.15) is 45.2 Å². The number of hydrogen-bond acceptors (Lipinski definition) is 3. The number of phenols is 1. The number of likely N-dealkylation sites (tertiary alicyclic amines) is 1. The lowest BCUT2D eigenvalue weighted by Crippen LogP contribution is -2.64. The van der Waals surface area contributed by atoms with Crippen LogP contribution < -0.4 is 0 Å². The lowest BCUT2D eigenvalue weighted by atomic mass is 9.51. The molecule has 22 heavy (non-hydrogen) atoms. The van der Waals surface area contributed by atoms with Crippen LogP contribution in [-0.4, -0.2) is 42.4 Å². The Hall–Kier alpha value is -1.06. The van der Waals surface area contributed by atoms with Crippen LogP contribution in [-0.2, 0) is 16.6 Å². The maximum absolute atomic E-state index is 9.88. The van der Waals surface area contributed by atoms with Crippen LogP contribution in [0.15, 0.2) is 18.2 Å². The number of nitrogens with zero attached hydrogens (tertiary/aromatic N) is 1. The summed E-state index contributed by atoms with van der Waals surface area (Å²) in [6, 6.07) is 6.47. The topological polar surface area (TPSA) is 32.7 Å². The first-order valence-electron chi connectivity index (χ1n) is 8.39. The van der Waals surface area contributed by atoms with Crippen molar-refractivity contribution in [3.05, 3.63) is 29.3 Å². The average molecular weight is 303 g/mol. The van der Waals surface area contributed by atoms with E-state index < -0.39 is 0 Å². The standard InChI is InChI=1S/C19H29NO2/c1-13(22-5)12-20-9-8-19(4)16-7-6-15(21)10-14(16)11-17(20)18(19,2)3/h6-7,10,13,17,21H,8-9,11-12H2,1-5H3/t13?,17-,19?/m1/s1. The smallest absolute Gasteiger partial charge is 0.115 e. The molecule has 122 valence electrons. The Bertz CT molecular complexity index is 569. The first kappa shape index (κ1) is 15.8. The van der Waals surface area contributed by atoms with Crippen molar-refractivity contribution in [2.75, 3.05) is 20.2 Å². The van der Waals surface area contributed by atoms with Gasteiger partial charge in [0.1, 0.15) is 5.75 Å². The predicted octanol–water partition coefficient (Wildman–Crippen LogP) is 3.34. The summed E-state index contributed by atoms with van der Waals surface area (Å²) in [5.41, 5.74) is 3.14. The quantitative estimate of drug-likeness (QED) is 0.929. The third-order valence-corrected chi connectivity index (χ3v) is 6.59. The van der Waals surface area contributed by atoms with Gasteiger partial charge in [-0.15, -0.1) is 0 Å². The van der Waals surface area contributed by atoms with Crippen molar-refractivity contribution in [2.45, 2.75) is 58.1 Å². The lowest BCUT2D eigenvalue weighted by molar-refractivity contribution is -0.0568. The molecule has 2 aliphatic rings. The molecule has 3 rings (SSSR count). The molecule has 0 amide bonds. The normalized spacial score (nSPS) is 31.6. The third-order valence-electron chi connectivity index (χ3n) is 6.59. The molecule has 3 atom stereocenters. The van der Waals surface area contributed by atoms with Crippen LogP contribution in [0.25, 0.3) is 0 Å². The molecule has 1 aromatic carbocycles. The van der Waals surface area contributed by atoms with Gasteiger partial charge in [-0.3, -0.25) is 4.90 Å². The maximum atomic E-state index is 9.88. The van der Waals surface area contributed by atoms with Gasteiger partial charge in [0.2, 0.25) is 0 Å². The number of piperidine rings is 1. The largest absolute Gasteiger partial charge is 0.508 e. The van der Waals surface area contributed by atoms with E-state index in [4.69, 9.17) is 4.74 Å². The van der Waals surface area contributed by atoms with Crippen molar-refractivity contribution >= 4 is 0 Å². The van der Waals surface area contributed by atoms with Crippen LogP contribution in [0.3, 0.4) is 0 Å². The zero-order valence-corrected chi connectivity index (χ0v) is 14.5. The molecule has 3 nitrogen and oxygen atoms in total. The van der Waals surface area contributed by atoms with Crippen LogP contribution in [0.4, 0.5) is 0 Å². The second-order valence-electron chi connectivity index (χ2n) is 7.91. The zero-order chi connectivity index (χ0) is 16.1. The minimum absolute atomic E-state index is 0.172. The fraction of sp³-hybridized carbons (Fsp3) is 0.684. The van der Waals surface area contributed by atoms with E-state index in [1.807, 2.05) is 12.1 Å². The summed E-state index contributed by atoms with van der Waals surface area (Å²) in [5.74, 6) is 0.386. The van der Waals surface area contributed by atoms with Crippen LogP contribution in [0.5, 0.6) is 5.75 Å². The summed E-state index contributed by atoms with van der Waals surface area (Å²) in [5, 5.41) is 9.88. The summed E-state index contributed by atoms with van der Waals surface area (Å²) in [6.45, 7) is 11.5. The Morgan fingerprint density at radius 2 is 2.09 bits per heavy atom. The van der Waals surface area contributed by atoms with Gasteiger partial charge in [-0.05, 0) is 55.0 Å². The molecule has 1 aliphatic carbocycles. The molecule has 0 aromatic heterocycles. The summed E-state index contributed by atoms with van der Waals surface area (Å²) < 4.78 is 5.49. The summed E-state index contributed by atoms with van der Waals surface area (Å²) in [6.07, 6.45) is 2.43. The number of aromatic hydroxyl groups is 1. The molecule has 0 saturated carbocycles. The lowest BCUT2D eigenvalue weighted by Gasteiger charge is -2.61. The first-order chi connectivity index (χ1) is 10.3. The number of hydrogen-bond donors (Lipinski definition) is 1. The van der Waals surface area contributed by atoms with Crippen molar-refractivity contribution in [1.29, 1.82) is 0 Å². The molecule has 0 radical (unpaired) electrons. The maximum Gasteiger partial charge on any atom is 0.115 e. The van der Waals surface area contributed by atoms with E-state index in [0.717, 1.165) is 25.9 Å². The van der Waals surface area contributed by atoms with E-state index in [1.54, 1.807) is 7.11 Å². The molecule has 1 N–H and O–H groups in total. The van der Waals surface area contributed by atoms with Gasteiger partial charge in [0.25, 0.3) is 0 Å². The molecule has 1 heterocycles. The highest BCUT2D eigenvalue weighted by Crippen LogP contribution is 2.56. The fourth-order valence-corrected chi connectivity index (χ4v) is 4.65. The number of phenolic OH excluding ortho intramolecular Hbond substituents is 1. The van der Waals surface area contributed by atoms with Gasteiger partial charge in [-0.1, -0.05) is 26.8 Å². The van der Waals surface area contributed by atoms with Crippen molar-refractivity contribution in [2.24, 2.45) is 5.41 Å². The molecule has 2 bridgehead atoms. The Morgan fingerprint density at radius 3 is 2.77 bits per heavy atom. The third kappa shape index (κ3) is 2.17. The van der Waals surface area contributed by atoms with Crippen molar-refractivity contribution in [3.63, 3.8) is 0 Å². The molecule has 1 saturated heterocycles. The molecule has 2 unspecified atom stereocenters. The van der Waals surface area contributed by atoms with Gasteiger partial charge in [-0.25, -0.2) is 0 Å². The van der Waals surface area contributed by atoms with Crippen molar-refractivity contribution in [1.82, 2.24) is 4.90 Å². The van der Waals surface area contributed by atoms with Gasteiger partial charge < -0.3 is 9.84 Å². The highest BCUT2D eigenvalue weighted by atomic mass is 16.5.